The number of unbranched alkanes of at least 4 members (excludes halogenated alkanes) is 1. The van der Waals surface area contributed by atoms with Crippen LogP contribution in [0.2, 0.25) is 0 Å². The molecule has 6 nitrogen and oxygen atoms in total. The standard InChI is InChI=1S/C21H34N4O2/c1-4-6-11-22-20(26)16-24-12-14-25(15-13-24)17(3)21(27)23-19-9-7-18(5-2)8-10-19/h7-10,17H,4-6,11-16H2,1-3H3,(H,22,26)(H,23,27)/p+2/t17-/m0/s1. The van der Waals surface area contributed by atoms with E-state index in [2.05, 4.69) is 36.6 Å². The van der Waals surface area contributed by atoms with Crippen LogP contribution in [0.15, 0.2) is 24.3 Å². The molecule has 1 atom stereocenters. The maximum absolute atomic E-state index is 12.6. The highest BCUT2D eigenvalue weighted by Gasteiger charge is 2.31. The molecular formula is C21H36N4O2+2. The monoisotopic (exact) mass is 376 g/mol. The molecule has 0 saturated carbocycles. The molecule has 150 valence electrons. The summed E-state index contributed by atoms with van der Waals surface area (Å²) in [7, 11) is 0. The van der Waals surface area contributed by atoms with E-state index in [0.717, 1.165) is 57.7 Å². The molecule has 27 heavy (non-hydrogen) atoms. The summed E-state index contributed by atoms with van der Waals surface area (Å²) < 4.78 is 0. The first-order valence-corrected chi connectivity index (χ1v) is 10.4. The Labute approximate surface area is 163 Å². The third-order valence-electron chi connectivity index (χ3n) is 5.50. The number of carbonyl (C=O) groups is 2. The Bertz CT molecular complexity index is 595. The summed E-state index contributed by atoms with van der Waals surface area (Å²) in [6, 6.07) is 7.97. The molecule has 1 aromatic carbocycles. The molecule has 1 fully saturated rings. The fraction of sp³-hybridized carbons (Fsp3) is 0.619. The normalized spacial score (nSPS) is 20.7. The maximum Gasteiger partial charge on any atom is 0.282 e. The second kappa shape index (κ2) is 11.0. The minimum absolute atomic E-state index is 0.0648. The van der Waals surface area contributed by atoms with Crippen molar-refractivity contribution in [1.29, 1.82) is 0 Å². The SMILES string of the molecule is CCCCNC(=O)C[NH+]1CC[NH+]([C@@H](C)C(=O)Nc2ccc(CC)cc2)CC1. The summed E-state index contributed by atoms with van der Waals surface area (Å²) in [5.41, 5.74) is 2.13. The number of anilines is 1. The van der Waals surface area contributed by atoms with Crippen LogP contribution in [0.5, 0.6) is 0 Å². The number of rotatable bonds is 9. The van der Waals surface area contributed by atoms with Crippen molar-refractivity contribution in [2.24, 2.45) is 0 Å². The van der Waals surface area contributed by atoms with E-state index >= 15 is 0 Å². The van der Waals surface area contributed by atoms with E-state index in [4.69, 9.17) is 0 Å². The summed E-state index contributed by atoms with van der Waals surface area (Å²) in [5.74, 6) is 0.207. The molecule has 2 amide bonds. The van der Waals surface area contributed by atoms with Crippen molar-refractivity contribution in [2.45, 2.75) is 46.1 Å². The number of aryl methyl sites for hydroxylation is 1. The van der Waals surface area contributed by atoms with Gasteiger partial charge >= 0.3 is 0 Å². The summed E-state index contributed by atoms with van der Waals surface area (Å²) in [5, 5.41) is 6.02. The molecule has 1 heterocycles. The lowest BCUT2D eigenvalue weighted by atomic mass is 10.1. The van der Waals surface area contributed by atoms with E-state index in [-0.39, 0.29) is 17.9 Å². The molecule has 4 N–H and O–H groups in total. The predicted octanol–water partition coefficient (Wildman–Crippen LogP) is -0.724. The molecule has 0 unspecified atom stereocenters. The molecule has 1 aliphatic rings. The molecule has 1 saturated heterocycles. The van der Waals surface area contributed by atoms with Gasteiger partial charge in [0.1, 0.15) is 26.2 Å². The average molecular weight is 377 g/mol. The van der Waals surface area contributed by atoms with E-state index in [9.17, 15) is 9.59 Å². The zero-order valence-electron chi connectivity index (χ0n) is 17.1. The molecular weight excluding hydrogens is 340 g/mol. The van der Waals surface area contributed by atoms with Crippen molar-refractivity contribution in [2.75, 3.05) is 44.6 Å². The number of piperazine rings is 1. The van der Waals surface area contributed by atoms with Crippen molar-refractivity contribution in [1.82, 2.24) is 5.32 Å². The average Bonchev–Trinajstić information content (AvgIpc) is 2.68. The summed E-state index contributed by atoms with van der Waals surface area (Å²) in [6.45, 7) is 11.2. The minimum Gasteiger partial charge on any atom is -0.351 e. The van der Waals surface area contributed by atoms with Gasteiger partial charge in [0.05, 0.1) is 0 Å². The number of amides is 2. The lowest BCUT2D eigenvalue weighted by Gasteiger charge is -2.32. The van der Waals surface area contributed by atoms with Gasteiger partial charge in [-0.25, -0.2) is 0 Å². The van der Waals surface area contributed by atoms with Crippen LogP contribution in [0, 0.1) is 0 Å². The van der Waals surface area contributed by atoms with Gasteiger partial charge < -0.3 is 20.4 Å². The Kier molecular flexibility index (Phi) is 8.75. The Morgan fingerprint density at radius 2 is 1.74 bits per heavy atom. The van der Waals surface area contributed by atoms with Crippen LogP contribution in [-0.2, 0) is 16.0 Å². The fourth-order valence-corrected chi connectivity index (χ4v) is 3.49. The summed E-state index contributed by atoms with van der Waals surface area (Å²) in [6.07, 6.45) is 3.13. The summed E-state index contributed by atoms with van der Waals surface area (Å²) >= 11 is 0. The van der Waals surface area contributed by atoms with Gasteiger partial charge in [0.25, 0.3) is 11.8 Å². The van der Waals surface area contributed by atoms with E-state index in [1.54, 1.807) is 0 Å². The second-order valence-corrected chi connectivity index (χ2v) is 7.55. The molecule has 0 spiro atoms. The molecule has 0 bridgehead atoms. The van der Waals surface area contributed by atoms with Crippen LogP contribution < -0.4 is 20.4 Å². The Hall–Kier alpha value is -1.92. The van der Waals surface area contributed by atoms with Gasteiger partial charge in [-0.1, -0.05) is 32.4 Å². The Balaban J connectivity index is 1.73. The largest absolute Gasteiger partial charge is 0.351 e. The Morgan fingerprint density at radius 1 is 1.07 bits per heavy atom. The van der Waals surface area contributed by atoms with Gasteiger partial charge in [-0.05, 0) is 37.5 Å². The number of nitrogens with one attached hydrogen (secondary N) is 4. The number of quaternary nitrogens is 2. The van der Waals surface area contributed by atoms with Crippen LogP contribution >= 0.6 is 0 Å². The van der Waals surface area contributed by atoms with Gasteiger partial charge in [0.2, 0.25) is 0 Å². The van der Waals surface area contributed by atoms with E-state index in [1.807, 2.05) is 19.1 Å². The molecule has 0 aliphatic carbocycles. The van der Waals surface area contributed by atoms with Crippen LogP contribution in [-0.4, -0.2) is 57.1 Å². The van der Waals surface area contributed by atoms with Crippen molar-refractivity contribution in [3.63, 3.8) is 0 Å². The summed E-state index contributed by atoms with van der Waals surface area (Å²) in [4.78, 5) is 27.1. The smallest absolute Gasteiger partial charge is 0.282 e. The highest BCUT2D eigenvalue weighted by molar-refractivity contribution is 5.93. The molecule has 0 radical (unpaired) electrons. The van der Waals surface area contributed by atoms with Gasteiger partial charge in [-0.15, -0.1) is 0 Å². The van der Waals surface area contributed by atoms with Crippen molar-refractivity contribution >= 4 is 17.5 Å². The molecule has 2 rings (SSSR count). The number of hydrogen-bond acceptors (Lipinski definition) is 2. The lowest BCUT2D eigenvalue weighted by Crippen LogP contribution is -3.30. The first kappa shape index (κ1) is 21.4. The van der Waals surface area contributed by atoms with Crippen molar-refractivity contribution in [3.05, 3.63) is 29.8 Å². The molecule has 1 aliphatic heterocycles. The quantitative estimate of drug-likeness (QED) is 0.430. The third-order valence-corrected chi connectivity index (χ3v) is 5.50. The number of carbonyl (C=O) groups excluding carboxylic acids is 2. The highest BCUT2D eigenvalue weighted by Crippen LogP contribution is 2.09. The zero-order valence-corrected chi connectivity index (χ0v) is 17.1. The van der Waals surface area contributed by atoms with Gasteiger partial charge in [0.15, 0.2) is 12.6 Å². The predicted molar refractivity (Wildman–Crippen MR) is 108 cm³/mol. The van der Waals surface area contributed by atoms with Crippen LogP contribution in [0.4, 0.5) is 5.69 Å². The van der Waals surface area contributed by atoms with Crippen LogP contribution in [0.3, 0.4) is 0 Å². The Morgan fingerprint density at radius 3 is 2.33 bits per heavy atom. The van der Waals surface area contributed by atoms with Crippen molar-refractivity contribution < 1.29 is 19.4 Å². The van der Waals surface area contributed by atoms with Crippen LogP contribution in [0.25, 0.3) is 0 Å². The van der Waals surface area contributed by atoms with Crippen molar-refractivity contribution in [3.8, 4) is 0 Å². The minimum atomic E-state index is -0.0872. The lowest BCUT2D eigenvalue weighted by molar-refractivity contribution is -1.01. The van der Waals surface area contributed by atoms with E-state index in [0.29, 0.717) is 6.54 Å². The number of benzene rings is 1. The van der Waals surface area contributed by atoms with E-state index < -0.39 is 0 Å². The first-order chi connectivity index (χ1) is 13.0. The van der Waals surface area contributed by atoms with Gasteiger partial charge in [-0.3, -0.25) is 9.59 Å². The van der Waals surface area contributed by atoms with E-state index in [1.165, 1.54) is 15.4 Å². The first-order valence-electron chi connectivity index (χ1n) is 10.4. The second-order valence-electron chi connectivity index (χ2n) is 7.55. The number of hydrogen-bond donors (Lipinski definition) is 4. The topological polar surface area (TPSA) is 67.1 Å². The molecule has 6 heteroatoms. The molecule has 1 aromatic rings. The highest BCUT2D eigenvalue weighted by atomic mass is 16.2. The van der Waals surface area contributed by atoms with Crippen LogP contribution in [0.1, 0.15) is 39.2 Å². The van der Waals surface area contributed by atoms with Gasteiger partial charge in [0, 0.05) is 12.2 Å². The zero-order chi connectivity index (χ0) is 19.6. The fourth-order valence-electron chi connectivity index (χ4n) is 3.49. The molecule has 0 aromatic heterocycles. The third kappa shape index (κ3) is 6.96. The van der Waals surface area contributed by atoms with Gasteiger partial charge in [-0.2, -0.15) is 0 Å². The maximum atomic E-state index is 12.6.